The molecule has 1 aromatic heterocycles. The van der Waals surface area contributed by atoms with Crippen LogP contribution in [0.15, 0.2) is 16.7 Å². The summed E-state index contributed by atoms with van der Waals surface area (Å²) >= 11 is 5.77. The molecule has 2 unspecified atom stereocenters. The summed E-state index contributed by atoms with van der Waals surface area (Å²) in [5.41, 5.74) is 0.357. The van der Waals surface area contributed by atoms with Crippen LogP contribution in [0.2, 0.25) is 5.22 Å². The molecule has 100 valence electrons. The van der Waals surface area contributed by atoms with E-state index in [-0.39, 0.29) is 16.9 Å². The molecule has 0 bridgehead atoms. The van der Waals surface area contributed by atoms with Gasteiger partial charge in [0.25, 0.3) is 0 Å². The van der Waals surface area contributed by atoms with E-state index in [0.29, 0.717) is 24.8 Å². The van der Waals surface area contributed by atoms with Crippen LogP contribution in [0.1, 0.15) is 36.0 Å². The van der Waals surface area contributed by atoms with E-state index in [9.17, 15) is 13.2 Å². The molecule has 18 heavy (non-hydrogen) atoms. The van der Waals surface area contributed by atoms with Gasteiger partial charge in [0.2, 0.25) is 5.22 Å². The van der Waals surface area contributed by atoms with Crippen LogP contribution in [-0.4, -0.2) is 25.7 Å². The van der Waals surface area contributed by atoms with Crippen molar-refractivity contribution in [1.82, 2.24) is 0 Å². The van der Waals surface area contributed by atoms with Gasteiger partial charge in [0.15, 0.2) is 5.78 Å². The number of sulfone groups is 1. The van der Waals surface area contributed by atoms with Crippen LogP contribution in [0, 0.1) is 5.92 Å². The van der Waals surface area contributed by atoms with E-state index < -0.39 is 15.1 Å². The molecule has 4 nitrogen and oxygen atoms in total. The molecule has 0 amide bonds. The summed E-state index contributed by atoms with van der Waals surface area (Å²) in [6, 6.07) is 1.54. The fourth-order valence-electron chi connectivity index (χ4n) is 2.46. The number of carbonyl (C=O) groups excluding carboxylic acids is 1. The summed E-state index contributed by atoms with van der Waals surface area (Å²) in [6.45, 7) is 0. The van der Waals surface area contributed by atoms with Crippen LogP contribution >= 0.6 is 11.6 Å². The maximum absolute atomic E-state index is 12.2. The van der Waals surface area contributed by atoms with E-state index in [0.717, 1.165) is 6.42 Å². The van der Waals surface area contributed by atoms with Crippen LogP contribution in [0.3, 0.4) is 0 Å². The number of hydrogen-bond donors (Lipinski definition) is 0. The molecule has 0 N–H and O–H groups in total. The van der Waals surface area contributed by atoms with E-state index in [1.54, 1.807) is 0 Å². The van der Waals surface area contributed by atoms with Gasteiger partial charge in [-0.1, -0.05) is 6.42 Å². The van der Waals surface area contributed by atoms with Gasteiger partial charge in [0.05, 0.1) is 17.1 Å². The Bertz CT molecular complexity index is 546. The first kappa shape index (κ1) is 13.6. The van der Waals surface area contributed by atoms with Gasteiger partial charge >= 0.3 is 0 Å². The molecule has 1 saturated carbocycles. The molecule has 1 aromatic rings. The monoisotopic (exact) mass is 290 g/mol. The Labute approximate surface area is 111 Å². The molecular formula is C12H15ClO4S. The van der Waals surface area contributed by atoms with Gasteiger partial charge in [-0.3, -0.25) is 4.79 Å². The van der Waals surface area contributed by atoms with Crippen molar-refractivity contribution in [1.29, 1.82) is 0 Å². The van der Waals surface area contributed by atoms with Gasteiger partial charge in [-0.05, 0) is 36.9 Å². The Kier molecular flexibility index (Phi) is 3.82. The molecule has 2 atom stereocenters. The van der Waals surface area contributed by atoms with Crippen molar-refractivity contribution >= 4 is 27.2 Å². The summed E-state index contributed by atoms with van der Waals surface area (Å²) in [7, 11) is -3.08. The lowest BCUT2D eigenvalue weighted by Crippen LogP contribution is -2.31. The number of hydrogen-bond acceptors (Lipinski definition) is 4. The quantitative estimate of drug-likeness (QED) is 0.803. The van der Waals surface area contributed by atoms with Crippen molar-refractivity contribution in [2.45, 2.75) is 30.9 Å². The predicted octanol–water partition coefficient (Wildman–Crippen LogP) is 2.72. The van der Waals surface area contributed by atoms with Crippen LogP contribution < -0.4 is 0 Å². The minimum atomic E-state index is -3.08. The van der Waals surface area contributed by atoms with Gasteiger partial charge in [-0.25, -0.2) is 8.42 Å². The highest BCUT2D eigenvalue weighted by molar-refractivity contribution is 7.91. The predicted molar refractivity (Wildman–Crippen MR) is 68.6 cm³/mol. The lowest BCUT2D eigenvalue weighted by Gasteiger charge is -2.26. The van der Waals surface area contributed by atoms with Gasteiger partial charge in [0.1, 0.15) is 9.84 Å². The second-order valence-electron chi connectivity index (χ2n) is 4.79. The van der Waals surface area contributed by atoms with Crippen molar-refractivity contribution in [2.24, 2.45) is 5.92 Å². The third-order valence-corrected chi connectivity index (χ3v) is 5.42. The molecule has 0 aliphatic heterocycles. The summed E-state index contributed by atoms with van der Waals surface area (Å²) < 4.78 is 28.0. The zero-order chi connectivity index (χ0) is 13.3. The fourth-order valence-corrected chi connectivity index (χ4v) is 3.85. The lowest BCUT2D eigenvalue weighted by molar-refractivity contribution is 0.0890. The van der Waals surface area contributed by atoms with E-state index in [4.69, 9.17) is 16.0 Å². The molecule has 6 heteroatoms. The largest absolute Gasteiger partial charge is 0.452 e. The molecule has 1 heterocycles. The van der Waals surface area contributed by atoms with Crippen molar-refractivity contribution in [3.8, 4) is 0 Å². The SMILES string of the molecule is CS(=O)(=O)C1CCCC(C(=O)c2ccoc2Cl)C1. The first-order valence-corrected chi connectivity index (χ1v) is 8.19. The summed E-state index contributed by atoms with van der Waals surface area (Å²) in [4.78, 5) is 12.2. The molecule has 1 aliphatic carbocycles. The van der Waals surface area contributed by atoms with Crippen molar-refractivity contribution in [2.75, 3.05) is 6.26 Å². The number of Topliss-reactive ketones (excluding diaryl/α,β-unsaturated/α-hetero) is 1. The van der Waals surface area contributed by atoms with Crippen LogP contribution in [-0.2, 0) is 9.84 Å². The zero-order valence-corrected chi connectivity index (χ0v) is 11.6. The number of halogens is 1. The molecule has 2 rings (SSSR count). The molecule has 0 spiro atoms. The van der Waals surface area contributed by atoms with Crippen LogP contribution in [0.5, 0.6) is 0 Å². The number of rotatable bonds is 3. The summed E-state index contributed by atoms with van der Waals surface area (Å²) in [5, 5.41) is -0.327. The molecular weight excluding hydrogens is 276 g/mol. The molecule has 0 saturated heterocycles. The Morgan fingerprint density at radius 2 is 2.17 bits per heavy atom. The number of furan rings is 1. The van der Waals surface area contributed by atoms with Crippen molar-refractivity contribution in [3.05, 3.63) is 23.1 Å². The van der Waals surface area contributed by atoms with Gasteiger partial charge in [0, 0.05) is 12.2 Å². The Morgan fingerprint density at radius 3 is 2.72 bits per heavy atom. The molecule has 1 aliphatic rings. The maximum atomic E-state index is 12.2. The van der Waals surface area contributed by atoms with Crippen molar-refractivity contribution in [3.63, 3.8) is 0 Å². The smallest absolute Gasteiger partial charge is 0.203 e. The van der Waals surface area contributed by atoms with E-state index in [1.807, 2.05) is 0 Å². The zero-order valence-electron chi connectivity index (χ0n) is 10.1. The highest BCUT2D eigenvalue weighted by Gasteiger charge is 2.33. The summed E-state index contributed by atoms with van der Waals surface area (Å²) in [5.74, 6) is -0.379. The molecule has 0 aromatic carbocycles. The first-order chi connectivity index (χ1) is 8.39. The number of carbonyl (C=O) groups is 1. The Hall–Kier alpha value is -0.810. The normalized spacial score (nSPS) is 25.0. The topological polar surface area (TPSA) is 64.3 Å². The van der Waals surface area contributed by atoms with E-state index in [2.05, 4.69) is 0 Å². The standard InChI is InChI=1S/C12H15ClO4S/c1-18(15,16)9-4-2-3-8(7-9)11(14)10-5-6-17-12(10)13/h5-6,8-9H,2-4,7H2,1H3. The minimum absolute atomic E-state index is 0.0847. The highest BCUT2D eigenvalue weighted by Crippen LogP contribution is 2.32. The number of ketones is 1. The average molecular weight is 291 g/mol. The Balaban J connectivity index is 2.15. The van der Waals surface area contributed by atoms with E-state index in [1.165, 1.54) is 18.6 Å². The molecule has 1 fully saturated rings. The second kappa shape index (κ2) is 5.05. The van der Waals surface area contributed by atoms with Gasteiger partial charge in [-0.15, -0.1) is 0 Å². The van der Waals surface area contributed by atoms with Crippen molar-refractivity contribution < 1.29 is 17.6 Å². The Morgan fingerprint density at radius 1 is 1.44 bits per heavy atom. The van der Waals surface area contributed by atoms with Gasteiger partial charge < -0.3 is 4.42 Å². The van der Waals surface area contributed by atoms with Crippen LogP contribution in [0.25, 0.3) is 0 Å². The lowest BCUT2D eigenvalue weighted by atomic mass is 9.84. The minimum Gasteiger partial charge on any atom is -0.452 e. The summed E-state index contributed by atoms with van der Waals surface area (Å²) in [6.07, 6.45) is 5.10. The second-order valence-corrected chi connectivity index (χ2v) is 7.46. The average Bonchev–Trinajstić information content (AvgIpc) is 2.73. The fraction of sp³-hybridized carbons (Fsp3) is 0.583. The van der Waals surface area contributed by atoms with E-state index >= 15 is 0 Å². The third-order valence-electron chi connectivity index (χ3n) is 3.49. The first-order valence-electron chi connectivity index (χ1n) is 5.85. The van der Waals surface area contributed by atoms with Crippen LogP contribution in [0.4, 0.5) is 0 Å². The third kappa shape index (κ3) is 2.78. The van der Waals surface area contributed by atoms with Gasteiger partial charge in [-0.2, -0.15) is 0 Å². The maximum Gasteiger partial charge on any atom is 0.203 e. The molecule has 0 radical (unpaired) electrons. The highest BCUT2D eigenvalue weighted by atomic mass is 35.5.